The molecule has 0 fully saturated rings. The van der Waals surface area contributed by atoms with Gasteiger partial charge in [-0.1, -0.05) is 18.5 Å². The molecule has 1 aromatic rings. The molecule has 2 N–H and O–H groups in total. The van der Waals surface area contributed by atoms with Crippen LogP contribution in [0.1, 0.15) is 25.1 Å². The van der Waals surface area contributed by atoms with Crippen LogP contribution < -0.4 is 5.73 Å². The highest BCUT2D eigenvalue weighted by Gasteiger charge is 2.15. The van der Waals surface area contributed by atoms with E-state index in [9.17, 15) is 0 Å². The Labute approximate surface area is 95.6 Å². The second-order valence-corrected chi connectivity index (χ2v) is 4.12. The molecule has 0 radical (unpaired) electrons. The molecule has 0 saturated heterocycles. The minimum Gasteiger partial charge on any atom is -0.385 e. The average molecular weight is 229 g/mol. The van der Waals surface area contributed by atoms with E-state index in [4.69, 9.17) is 22.1 Å². The SMILES string of the molecule is COCCC(C)C(N)c1ccc(Cl)cn1. The molecule has 0 aromatic carbocycles. The van der Waals surface area contributed by atoms with E-state index in [-0.39, 0.29) is 6.04 Å². The van der Waals surface area contributed by atoms with Gasteiger partial charge in [0.2, 0.25) is 0 Å². The molecule has 2 unspecified atom stereocenters. The number of halogens is 1. The predicted octanol–water partition coefficient (Wildman–Crippen LogP) is 2.41. The molecular weight excluding hydrogens is 212 g/mol. The lowest BCUT2D eigenvalue weighted by atomic mass is 9.96. The Morgan fingerprint density at radius 3 is 2.80 bits per heavy atom. The minimum absolute atomic E-state index is 0.0579. The number of hydrogen-bond donors (Lipinski definition) is 1. The molecule has 0 amide bonds. The molecule has 0 aliphatic carbocycles. The summed E-state index contributed by atoms with van der Waals surface area (Å²) in [5.41, 5.74) is 6.95. The smallest absolute Gasteiger partial charge is 0.0589 e. The van der Waals surface area contributed by atoms with Crippen molar-refractivity contribution in [2.45, 2.75) is 19.4 Å². The number of hydrogen-bond acceptors (Lipinski definition) is 3. The highest BCUT2D eigenvalue weighted by atomic mass is 35.5. The molecule has 15 heavy (non-hydrogen) atoms. The third-order valence-corrected chi connectivity index (χ3v) is 2.71. The second kappa shape index (κ2) is 6.05. The fourth-order valence-electron chi connectivity index (χ4n) is 1.36. The van der Waals surface area contributed by atoms with Gasteiger partial charge in [0.15, 0.2) is 0 Å². The van der Waals surface area contributed by atoms with Crippen molar-refractivity contribution in [3.63, 3.8) is 0 Å². The van der Waals surface area contributed by atoms with Crippen LogP contribution in [0.5, 0.6) is 0 Å². The standard InChI is InChI=1S/C11H17ClN2O/c1-8(5-6-15-2)11(13)10-4-3-9(12)7-14-10/h3-4,7-8,11H,5-6,13H2,1-2H3. The van der Waals surface area contributed by atoms with Gasteiger partial charge in [-0.3, -0.25) is 4.98 Å². The van der Waals surface area contributed by atoms with Gasteiger partial charge in [-0.15, -0.1) is 0 Å². The van der Waals surface area contributed by atoms with Crippen molar-refractivity contribution < 1.29 is 4.74 Å². The van der Waals surface area contributed by atoms with Gasteiger partial charge in [-0.2, -0.15) is 0 Å². The van der Waals surface area contributed by atoms with Crippen molar-refractivity contribution in [2.75, 3.05) is 13.7 Å². The van der Waals surface area contributed by atoms with E-state index in [0.29, 0.717) is 10.9 Å². The minimum atomic E-state index is -0.0579. The van der Waals surface area contributed by atoms with Gasteiger partial charge in [0.1, 0.15) is 0 Å². The van der Waals surface area contributed by atoms with Crippen molar-refractivity contribution in [3.8, 4) is 0 Å². The van der Waals surface area contributed by atoms with Crippen LogP contribution in [0.2, 0.25) is 5.02 Å². The molecule has 0 aliphatic rings. The van der Waals surface area contributed by atoms with Crippen molar-refractivity contribution in [3.05, 3.63) is 29.0 Å². The van der Waals surface area contributed by atoms with Crippen molar-refractivity contribution in [1.29, 1.82) is 0 Å². The lowest BCUT2D eigenvalue weighted by Crippen LogP contribution is -2.21. The first kappa shape index (κ1) is 12.4. The number of pyridine rings is 1. The Kier molecular flexibility index (Phi) is 5.02. The normalized spacial score (nSPS) is 14.9. The maximum atomic E-state index is 6.07. The molecule has 0 saturated carbocycles. The summed E-state index contributed by atoms with van der Waals surface area (Å²) in [5, 5.41) is 0.635. The van der Waals surface area contributed by atoms with Gasteiger partial charge >= 0.3 is 0 Å². The number of ether oxygens (including phenoxy) is 1. The summed E-state index contributed by atoms with van der Waals surface area (Å²) in [6, 6.07) is 3.63. The van der Waals surface area contributed by atoms with E-state index in [1.807, 2.05) is 12.1 Å². The molecule has 0 aliphatic heterocycles. The van der Waals surface area contributed by atoms with Crippen molar-refractivity contribution in [2.24, 2.45) is 11.7 Å². The topological polar surface area (TPSA) is 48.1 Å². The third-order valence-electron chi connectivity index (χ3n) is 2.48. The highest BCUT2D eigenvalue weighted by Crippen LogP contribution is 2.21. The van der Waals surface area contributed by atoms with Crippen molar-refractivity contribution in [1.82, 2.24) is 4.98 Å². The predicted molar refractivity (Wildman–Crippen MR) is 61.8 cm³/mol. The van der Waals surface area contributed by atoms with Crippen LogP contribution in [0.4, 0.5) is 0 Å². The molecular formula is C11H17ClN2O. The molecule has 1 aromatic heterocycles. The summed E-state index contributed by atoms with van der Waals surface area (Å²) < 4.78 is 5.02. The van der Waals surface area contributed by atoms with E-state index >= 15 is 0 Å². The lowest BCUT2D eigenvalue weighted by molar-refractivity contribution is 0.174. The summed E-state index contributed by atoms with van der Waals surface area (Å²) in [6.07, 6.45) is 2.56. The van der Waals surface area contributed by atoms with Crippen molar-refractivity contribution >= 4 is 11.6 Å². The third kappa shape index (κ3) is 3.78. The fourth-order valence-corrected chi connectivity index (χ4v) is 1.47. The zero-order valence-corrected chi connectivity index (χ0v) is 9.87. The van der Waals surface area contributed by atoms with Gasteiger partial charge in [0.25, 0.3) is 0 Å². The first-order chi connectivity index (χ1) is 7.15. The Balaban J connectivity index is 2.59. The molecule has 3 nitrogen and oxygen atoms in total. The number of methoxy groups -OCH3 is 1. The van der Waals surface area contributed by atoms with Crippen LogP contribution in [0.3, 0.4) is 0 Å². The number of nitrogens with zero attached hydrogens (tertiary/aromatic N) is 1. The monoisotopic (exact) mass is 228 g/mol. The average Bonchev–Trinajstić information content (AvgIpc) is 2.26. The quantitative estimate of drug-likeness (QED) is 0.842. The van der Waals surface area contributed by atoms with Crippen LogP contribution in [-0.4, -0.2) is 18.7 Å². The van der Waals surface area contributed by atoms with Crippen LogP contribution >= 0.6 is 11.6 Å². The Bertz CT molecular complexity index is 289. The first-order valence-corrected chi connectivity index (χ1v) is 5.39. The molecule has 1 heterocycles. The van der Waals surface area contributed by atoms with Gasteiger partial charge in [0.05, 0.1) is 10.7 Å². The van der Waals surface area contributed by atoms with Crippen LogP contribution in [0.25, 0.3) is 0 Å². The molecule has 84 valence electrons. The zero-order chi connectivity index (χ0) is 11.3. The molecule has 0 bridgehead atoms. The summed E-state index contributed by atoms with van der Waals surface area (Å²) in [5.74, 6) is 0.346. The van der Waals surface area contributed by atoms with Crippen LogP contribution in [-0.2, 0) is 4.74 Å². The molecule has 0 spiro atoms. The number of aromatic nitrogens is 1. The zero-order valence-electron chi connectivity index (χ0n) is 9.11. The largest absolute Gasteiger partial charge is 0.385 e. The summed E-state index contributed by atoms with van der Waals surface area (Å²) in [7, 11) is 1.69. The van der Waals surface area contributed by atoms with Gasteiger partial charge < -0.3 is 10.5 Å². The van der Waals surface area contributed by atoms with E-state index in [1.165, 1.54) is 0 Å². The first-order valence-electron chi connectivity index (χ1n) is 5.01. The van der Waals surface area contributed by atoms with Gasteiger partial charge in [0, 0.05) is 26.0 Å². The Hall–Kier alpha value is -0.640. The van der Waals surface area contributed by atoms with Crippen LogP contribution in [0, 0.1) is 5.92 Å². The maximum absolute atomic E-state index is 6.07. The maximum Gasteiger partial charge on any atom is 0.0589 e. The molecule has 1 rings (SSSR count). The van der Waals surface area contributed by atoms with Gasteiger partial charge in [-0.05, 0) is 24.5 Å². The fraction of sp³-hybridized carbons (Fsp3) is 0.545. The summed E-state index contributed by atoms with van der Waals surface area (Å²) >= 11 is 5.76. The van der Waals surface area contributed by atoms with Gasteiger partial charge in [-0.25, -0.2) is 0 Å². The lowest BCUT2D eigenvalue weighted by Gasteiger charge is -2.18. The van der Waals surface area contributed by atoms with E-state index < -0.39 is 0 Å². The van der Waals surface area contributed by atoms with E-state index in [0.717, 1.165) is 18.7 Å². The number of rotatable bonds is 5. The Morgan fingerprint density at radius 2 is 2.27 bits per heavy atom. The molecule has 2 atom stereocenters. The second-order valence-electron chi connectivity index (χ2n) is 3.69. The highest BCUT2D eigenvalue weighted by molar-refractivity contribution is 6.30. The van der Waals surface area contributed by atoms with E-state index in [1.54, 1.807) is 13.3 Å². The van der Waals surface area contributed by atoms with E-state index in [2.05, 4.69) is 11.9 Å². The Morgan fingerprint density at radius 1 is 1.53 bits per heavy atom. The number of nitrogens with two attached hydrogens (primary N) is 1. The molecule has 4 heteroatoms. The van der Waals surface area contributed by atoms with Crippen LogP contribution in [0.15, 0.2) is 18.3 Å². The summed E-state index contributed by atoms with van der Waals surface area (Å²) in [4.78, 5) is 4.21. The summed E-state index contributed by atoms with van der Waals surface area (Å²) in [6.45, 7) is 2.82.